The van der Waals surface area contributed by atoms with Gasteiger partial charge in [-0.05, 0) is 31.4 Å². The average Bonchev–Trinajstić information content (AvgIpc) is 2.22. The molecule has 0 aromatic carbocycles. The predicted molar refractivity (Wildman–Crippen MR) is 63.7 cm³/mol. The molecule has 1 aromatic rings. The van der Waals surface area contributed by atoms with E-state index >= 15 is 0 Å². The van der Waals surface area contributed by atoms with E-state index in [2.05, 4.69) is 4.98 Å². The number of alkyl halides is 1. The fourth-order valence-electron chi connectivity index (χ4n) is 1.27. The Morgan fingerprint density at radius 3 is 3.00 bits per heavy atom. The molecule has 1 unspecified atom stereocenters. The van der Waals surface area contributed by atoms with Gasteiger partial charge in [-0.3, -0.25) is 4.98 Å². The van der Waals surface area contributed by atoms with Gasteiger partial charge in [0.1, 0.15) is 0 Å². The van der Waals surface area contributed by atoms with E-state index in [0.29, 0.717) is 11.6 Å². The minimum absolute atomic E-state index is 0.0662. The first-order valence-corrected chi connectivity index (χ1v) is 5.85. The van der Waals surface area contributed by atoms with Gasteiger partial charge >= 0.3 is 0 Å². The number of halogens is 2. The van der Waals surface area contributed by atoms with Gasteiger partial charge in [0.05, 0.1) is 5.02 Å². The minimum Gasteiger partial charge on any atom is -0.382 e. The average molecular weight is 248 g/mol. The lowest BCUT2D eigenvalue weighted by atomic mass is 10.1. The van der Waals surface area contributed by atoms with Crippen LogP contribution in [0.4, 0.5) is 0 Å². The summed E-state index contributed by atoms with van der Waals surface area (Å²) in [5.41, 5.74) is 1.04. The van der Waals surface area contributed by atoms with Crippen molar-refractivity contribution in [1.29, 1.82) is 0 Å². The van der Waals surface area contributed by atoms with Crippen molar-refractivity contribution >= 4 is 23.2 Å². The fourth-order valence-corrected chi connectivity index (χ4v) is 1.72. The Morgan fingerprint density at radius 2 is 2.33 bits per heavy atom. The highest BCUT2D eigenvalue weighted by atomic mass is 35.5. The number of hydrogen-bond acceptors (Lipinski definition) is 2. The Bertz CT molecular complexity index is 294. The zero-order chi connectivity index (χ0) is 11.1. The number of nitrogens with zero attached hydrogens (tertiary/aromatic N) is 1. The van der Waals surface area contributed by atoms with Gasteiger partial charge in [-0.1, -0.05) is 11.6 Å². The molecule has 84 valence electrons. The monoisotopic (exact) mass is 247 g/mol. The Kier molecular flexibility index (Phi) is 5.99. The van der Waals surface area contributed by atoms with E-state index in [0.717, 1.165) is 25.0 Å². The molecule has 0 bridgehead atoms. The van der Waals surface area contributed by atoms with Gasteiger partial charge in [-0.25, -0.2) is 0 Å². The Morgan fingerprint density at radius 1 is 1.53 bits per heavy atom. The van der Waals surface area contributed by atoms with Crippen LogP contribution in [0.5, 0.6) is 0 Å². The van der Waals surface area contributed by atoms with E-state index in [1.54, 1.807) is 12.4 Å². The first-order chi connectivity index (χ1) is 7.24. The third kappa shape index (κ3) is 4.83. The van der Waals surface area contributed by atoms with Crippen molar-refractivity contribution in [2.75, 3.05) is 13.2 Å². The van der Waals surface area contributed by atoms with Crippen molar-refractivity contribution in [3.05, 3.63) is 29.0 Å². The lowest BCUT2D eigenvalue weighted by Gasteiger charge is -2.10. The maximum Gasteiger partial charge on any atom is 0.0621 e. The second-order valence-electron chi connectivity index (χ2n) is 3.25. The SMILES string of the molecule is CCOCCC(Cl)Cc1ccncc1Cl. The van der Waals surface area contributed by atoms with Crippen LogP contribution in [-0.4, -0.2) is 23.6 Å². The number of hydrogen-bond donors (Lipinski definition) is 0. The van der Waals surface area contributed by atoms with Crippen LogP contribution in [0.25, 0.3) is 0 Å². The van der Waals surface area contributed by atoms with Crippen molar-refractivity contribution in [1.82, 2.24) is 4.98 Å². The molecule has 0 N–H and O–H groups in total. The van der Waals surface area contributed by atoms with Gasteiger partial charge in [0.25, 0.3) is 0 Å². The van der Waals surface area contributed by atoms with Crippen molar-refractivity contribution < 1.29 is 4.74 Å². The molecule has 0 aliphatic heterocycles. The molecule has 0 fully saturated rings. The lowest BCUT2D eigenvalue weighted by Crippen LogP contribution is -2.08. The molecule has 0 saturated heterocycles. The summed E-state index contributed by atoms with van der Waals surface area (Å²) in [6, 6.07) is 1.90. The van der Waals surface area contributed by atoms with E-state index in [1.165, 1.54) is 0 Å². The number of ether oxygens (including phenoxy) is 1. The molecule has 0 aliphatic rings. The van der Waals surface area contributed by atoms with Crippen LogP contribution in [-0.2, 0) is 11.2 Å². The Hall–Kier alpha value is -0.310. The van der Waals surface area contributed by atoms with Gasteiger partial charge in [-0.15, -0.1) is 11.6 Å². The third-order valence-electron chi connectivity index (χ3n) is 2.08. The van der Waals surface area contributed by atoms with E-state index in [4.69, 9.17) is 27.9 Å². The molecule has 0 aliphatic carbocycles. The van der Waals surface area contributed by atoms with E-state index in [9.17, 15) is 0 Å². The normalized spacial score (nSPS) is 12.7. The standard InChI is InChI=1S/C11H15Cl2NO/c1-2-15-6-4-10(12)7-9-3-5-14-8-11(9)13/h3,5,8,10H,2,4,6-7H2,1H3. The molecule has 0 radical (unpaired) electrons. The molecule has 1 aromatic heterocycles. The van der Waals surface area contributed by atoms with Crippen LogP contribution in [0.15, 0.2) is 18.5 Å². The maximum absolute atomic E-state index is 6.16. The summed E-state index contributed by atoms with van der Waals surface area (Å²) in [4.78, 5) is 3.93. The smallest absolute Gasteiger partial charge is 0.0621 e. The van der Waals surface area contributed by atoms with Crippen LogP contribution >= 0.6 is 23.2 Å². The molecule has 0 spiro atoms. The quantitative estimate of drug-likeness (QED) is 0.569. The van der Waals surface area contributed by atoms with Crippen molar-refractivity contribution in [2.24, 2.45) is 0 Å². The van der Waals surface area contributed by atoms with Crippen LogP contribution in [0.1, 0.15) is 18.9 Å². The summed E-state index contributed by atoms with van der Waals surface area (Å²) < 4.78 is 5.24. The maximum atomic E-state index is 6.16. The number of aromatic nitrogens is 1. The second-order valence-corrected chi connectivity index (χ2v) is 4.28. The lowest BCUT2D eigenvalue weighted by molar-refractivity contribution is 0.144. The van der Waals surface area contributed by atoms with Crippen LogP contribution in [0.2, 0.25) is 5.02 Å². The van der Waals surface area contributed by atoms with E-state index in [-0.39, 0.29) is 5.38 Å². The molecule has 1 heterocycles. The van der Waals surface area contributed by atoms with Gasteiger partial charge in [0, 0.05) is 31.0 Å². The minimum atomic E-state index is 0.0662. The van der Waals surface area contributed by atoms with Gasteiger partial charge in [-0.2, -0.15) is 0 Å². The van der Waals surface area contributed by atoms with Crippen molar-refractivity contribution in [3.63, 3.8) is 0 Å². The number of pyridine rings is 1. The summed E-state index contributed by atoms with van der Waals surface area (Å²) in [6.07, 6.45) is 4.97. The van der Waals surface area contributed by atoms with Gasteiger partial charge in [0.15, 0.2) is 0 Å². The van der Waals surface area contributed by atoms with Crippen molar-refractivity contribution in [2.45, 2.75) is 25.1 Å². The summed E-state index contributed by atoms with van der Waals surface area (Å²) in [5.74, 6) is 0. The largest absolute Gasteiger partial charge is 0.382 e. The summed E-state index contributed by atoms with van der Waals surface area (Å²) >= 11 is 12.1. The molecular weight excluding hydrogens is 233 g/mol. The molecule has 4 heteroatoms. The topological polar surface area (TPSA) is 22.1 Å². The molecule has 15 heavy (non-hydrogen) atoms. The Labute approximate surface area is 101 Å². The molecule has 1 atom stereocenters. The van der Waals surface area contributed by atoms with Crippen LogP contribution < -0.4 is 0 Å². The summed E-state index contributed by atoms with van der Waals surface area (Å²) in [6.45, 7) is 3.41. The molecular formula is C11H15Cl2NO. The first kappa shape index (κ1) is 12.8. The highest BCUT2D eigenvalue weighted by Gasteiger charge is 2.08. The zero-order valence-electron chi connectivity index (χ0n) is 8.75. The highest BCUT2D eigenvalue weighted by molar-refractivity contribution is 6.31. The molecule has 0 amide bonds. The van der Waals surface area contributed by atoms with E-state index < -0.39 is 0 Å². The number of rotatable bonds is 6. The third-order valence-corrected chi connectivity index (χ3v) is 2.79. The molecule has 2 nitrogen and oxygen atoms in total. The van der Waals surface area contributed by atoms with Crippen LogP contribution in [0.3, 0.4) is 0 Å². The zero-order valence-corrected chi connectivity index (χ0v) is 10.3. The van der Waals surface area contributed by atoms with Gasteiger partial charge < -0.3 is 4.74 Å². The summed E-state index contributed by atoms with van der Waals surface area (Å²) in [5, 5.41) is 0.746. The first-order valence-electron chi connectivity index (χ1n) is 5.04. The Balaban J connectivity index is 2.37. The molecule has 0 saturated carbocycles. The van der Waals surface area contributed by atoms with E-state index in [1.807, 2.05) is 13.0 Å². The van der Waals surface area contributed by atoms with Gasteiger partial charge in [0.2, 0.25) is 0 Å². The highest BCUT2D eigenvalue weighted by Crippen LogP contribution is 2.18. The molecule has 1 rings (SSSR count). The predicted octanol–water partition coefficient (Wildman–Crippen LogP) is 3.31. The fraction of sp³-hybridized carbons (Fsp3) is 0.545. The summed E-state index contributed by atoms with van der Waals surface area (Å²) in [7, 11) is 0. The van der Waals surface area contributed by atoms with Crippen molar-refractivity contribution in [3.8, 4) is 0 Å². The van der Waals surface area contributed by atoms with Crippen LogP contribution in [0, 0.1) is 0 Å². The second kappa shape index (κ2) is 7.04.